The van der Waals surface area contributed by atoms with Gasteiger partial charge in [0.2, 0.25) is 5.91 Å². The Bertz CT molecular complexity index is 1120. The molecule has 0 unspecified atom stereocenters. The number of thioether (sulfide) groups is 1. The fraction of sp³-hybridized carbons (Fsp3) is 0.500. The van der Waals surface area contributed by atoms with Gasteiger partial charge in [-0.1, -0.05) is 6.07 Å². The second-order valence-corrected chi connectivity index (χ2v) is 11.4. The fourth-order valence-electron chi connectivity index (χ4n) is 3.77. The predicted molar refractivity (Wildman–Crippen MR) is 133 cm³/mol. The third kappa shape index (κ3) is 5.26. The minimum absolute atomic E-state index is 0.00365. The number of carbonyl (C=O) groups is 1. The monoisotopic (exact) mass is 492 g/mol. The molecule has 0 aliphatic carbocycles. The Morgan fingerprint density at radius 1 is 1.38 bits per heavy atom. The number of nitrogens with one attached hydrogen (secondary N) is 2. The Morgan fingerprint density at radius 3 is 2.88 bits per heavy atom. The lowest BCUT2D eigenvalue weighted by atomic mass is 10.2. The van der Waals surface area contributed by atoms with Crippen LogP contribution in [0.2, 0.25) is 0 Å². The van der Waals surface area contributed by atoms with Gasteiger partial charge in [0.15, 0.2) is 0 Å². The lowest BCUT2D eigenvalue weighted by Crippen LogP contribution is -2.44. The van der Waals surface area contributed by atoms with Gasteiger partial charge in [0.05, 0.1) is 35.6 Å². The molecule has 0 aromatic carbocycles. The first kappa shape index (κ1) is 23.4. The molecule has 3 aromatic heterocycles. The number of rotatable bonds is 8. The van der Waals surface area contributed by atoms with Crippen LogP contribution in [0.3, 0.4) is 0 Å². The van der Waals surface area contributed by atoms with E-state index in [1.165, 1.54) is 28.0 Å². The zero-order valence-corrected chi connectivity index (χ0v) is 20.9. The molecule has 1 fully saturated rings. The summed E-state index contributed by atoms with van der Waals surface area (Å²) in [5, 5.41) is 5.63. The first-order chi connectivity index (χ1) is 15.4. The van der Waals surface area contributed by atoms with Crippen molar-refractivity contribution >= 4 is 50.6 Å². The summed E-state index contributed by atoms with van der Waals surface area (Å²) in [5.74, 6) is 1.09. The summed E-state index contributed by atoms with van der Waals surface area (Å²) in [4.78, 5) is 38.2. The van der Waals surface area contributed by atoms with E-state index in [1.54, 1.807) is 11.3 Å². The zero-order valence-electron chi connectivity index (χ0n) is 18.5. The second kappa shape index (κ2) is 10.5. The molecule has 0 radical (unpaired) electrons. The molecule has 1 saturated heterocycles. The average molecular weight is 493 g/mol. The van der Waals surface area contributed by atoms with Crippen molar-refractivity contribution in [2.45, 2.75) is 37.8 Å². The largest absolute Gasteiger partial charge is 0.379 e. The second-order valence-electron chi connectivity index (χ2n) is 7.85. The summed E-state index contributed by atoms with van der Waals surface area (Å²) in [6, 6.07) is 4.33. The number of fused-ring (bicyclic) bond motifs is 1. The van der Waals surface area contributed by atoms with Crippen LogP contribution >= 0.6 is 34.4 Å². The molecule has 4 rings (SSSR count). The molecule has 2 atom stereocenters. The number of H-pyrrole nitrogens is 1. The SMILES string of the molecule is Cc1sc2nc(CS[C@@H](C)C(=O)NC[C@@H](c3cccs3)N3CCOCC3)[nH]c(=O)c2c1C. The van der Waals surface area contributed by atoms with E-state index in [1.807, 2.05) is 20.8 Å². The van der Waals surface area contributed by atoms with E-state index < -0.39 is 0 Å². The Morgan fingerprint density at radius 2 is 2.16 bits per heavy atom. The highest BCUT2D eigenvalue weighted by Crippen LogP contribution is 2.27. The van der Waals surface area contributed by atoms with Gasteiger partial charge in [-0.15, -0.1) is 34.4 Å². The van der Waals surface area contributed by atoms with Gasteiger partial charge in [-0.3, -0.25) is 14.5 Å². The number of morpholine rings is 1. The molecule has 7 nitrogen and oxygen atoms in total. The molecular formula is C22H28N4O3S3. The topological polar surface area (TPSA) is 87.3 Å². The minimum Gasteiger partial charge on any atom is -0.379 e. The molecular weight excluding hydrogens is 464 g/mol. The fourth-order valence-corrected chi connectivity index (χ4v) is 6.46. The Kier molecular flexibility index (Phi) is 7.67. The van der Waals surface area contributed by atoms with E-state index in [2.05, 4.69) is 37.7 Å². The predicted octanol–water partition coefficient (Wildman–Crippen LogP) is 3.47. The van der Waals surface area contributed by atoms with Crippen LogP contribution in [0.1, 0.15) is 34.1 Å². The molecule has 4 heterocycles. The van der Waals surface area contributed by atoms with Crippen LogP contribution in [0, 0.1) is 13.8 Å². The number of aromatic amines is 1. The maximum atomic E-state index is 12.8. The van der Waals surface area contributed by atoms with Gasteiger partial charge in [0.25, 0.3) is 5.56 Å². The van der Waals surface area contributed by atoms with Crippen LogP contribution in [0.15, 0.2) is 22.3 Å². The highest BCUT2D eigenvalue weighted by molar-refractivity contribution is 7.99. The van der Waals surface area contributed by atoms with Crippen LogP contribution < -0.4 is 10.9 Å². The van der Waals surface area contributed by atoms with Gasteiger partial charge in [-0.2, -0.15) is 0 Å². The number of thiophene rings is 2. The van der Waals surface area contributed by atoms with Crippen LogP contribution in [0.5, 0.6) is 0 Å². The number of aryl methyl sites for hydroxylation is 2. The Labute approximate surface area is 199 Å². The van der Waals surface area contributed by atoms with Crippen molar-refractivity contribution in [2.75, 3.05) is 32.8 Å². The van der Waals surface area contributed by atoms with E-state index in [-0.39, 0.29) is 22.8 Å². The summed E-state index contributed by atoms with van der Waals surface area (Å²) >= 11 is 4.74. The van der Waals surface area contributed by atoms with Crippen molar-refractivity contribution in [3.8, 4) is 0 Å². The molecule has 1 aliphatic rings. The molecule has 1 aliphatic heterocycles. The average Bonchev–Trinajstić information content (AvgIpc) is 3.41. The summed E-state index contributed by atoms with van der Waals surface area (Å²) in [7, 11) is 0. The normalized spacial score (nSPS) is 16.8. The maximum Gasteiger partial charge on any atom is 0.259 e. The van der Waals surface area contributed by atoms with Crippen molar-refractivity contribution in [1.29, 1.82) is 0 Å². The molecule has 0 saturated carbocycles. The van der Waals surface area contributed by atoms with Gasteiger partial charge in [-0.25, -0.2) is 4.98 Å². The third-order valence-electron chi connectivity index (χ3n) is 5.76. The number of aromatic nitrogens is 2. The highest BCUT2D eigenvalue weighted by Gasteiger charge is 2.25. The number of hydrogen-bond donors (Lipinski definition) is 2. The first-order valence-corrected chi connectivity index (χ1v) is 13.4. The van der Waals surface area contributed by atoms with E-state index >= 15 is 0 Å². The van der Waals surface area contributed by atoms with Crippen LogP contribution in [0.4, 0.5) is 0 Å². The number of amides is 1. The van der Waals surface area contributed by atoms with E-state index in [9.17, 15) is 9.59 Å². The van der Waals surface area contributed by atoms with Crippen molar-refractivity contribution in [3.63, 3.8) is 0 Å². The molecule has 0 bridgehead atoms. The molecule has 10 heteroatoms. The third-order valence-corrected chi connectivity index (χ3v) is 8.98. The summed E-state index contributed by atoms with van der Waals surface area (Å²) < 4.78 is 5.49. The Balaban J connectivity index is 1.35. The van der Waals surface area contributed by atoms with E-state index in [0.29, 0.717) is 23.5 Å². The van der Waals surface area contributed by atoms with Crippen molar-refractivity contribution in [3.05, 3.63) is 49.0 Å². The zero-order chi connectivity index (χ0) is 22.7. The van der Waals surface area contributed by atoms with Gasteiger partial charge in [0.1, 0.15) is 10.7 Å². The highest BCUT2D eigenvalue weighted by atomic mass is 32.2. The minimum atomic E-state index is -0.253. The van der Waals surface area contributed by atoms with Crippen LogP contribution in [-0.2, 0) is 15.3 Å². The van der Waals surface area contributed by atoms with Crippen LogP contribution in [0.25, 0.3) is 10.2 Å². The molecule has 1 amide bonds. The molecule has 172 valence electrons. The van der Waals surface area contributed by atoms with E-state index in [4.69, 9.17) is 4.74 Å². The first-order valence-electron chi connectivity index (χ1n) is 10.7. The number of ether oxygens (including phenoxy) is 1. The standard InChI is InChI=1S/C22H28N4O3S3/c1-13-14(2)32-22-19(13)21(28)24-18(25-22)12-31-15(3)20(27)23-11-16(17-5-4-10-30-17)26-6-8-29-9-7-26/h4-5,10,15-16H,6-9,11-12H2,1-3H3,(H,23,27)(H,24,25,28)/t15-,16-/m0/s1. The van der Waals surface area contributed by atoms with Crippen molar-refractivity contribution in [2.24, 2.45) is 0 Å². The molecule has 2 N–H and O–H groups in total. The lowest BCUT2D eigenvalue weighted by Gasteiger charge is -2.34. The Hall–Kier alpha value is -1.72. The summed E-state index contributed by atoms with van der Waals surface area (Å²) in [6.45, 7) is 9.60. The number of carbonyl (C=O) groups excluding carboxylic acids is 1. The summed E-state index contributed by atoms with van der Waals surface area (Å²) in [5.41, 5.74) is 0.889. The van der Waals surface area contributed by atoms with Gasteiger partial charge in [0, 0.05) is 29.4 Å². The van der Waals surface area contributed by atoms with Crippen molar-refractivity contribution < 1.29 is 9.53 Å². The van der Waals surface area contributed by atoms with Crippen LogP contribution in [-0.4, -0.2) is 58.9 Å². The molecule has 32 heavy (non-hydrogen) atoms. The van der Waals surface area contributed by atoms with Gasteiger partial charge in [-0.05, 0) is 37.8 Å². The van der Waals surface area contributed by atoms with E-state index in [0.717, 1.165) is 41.6 Å². The van der Waals surface area contributed by atoms with Gasteiger partial charge < -0.3 is 15.0 Å². The molecule has 0 spiro atoms. The quantitative estimate of drug-likeness (QED) is 0.501. The summed E-state index contributed by atoms with van der Waals surface area (Å²) in [6.07, 6.45) is 0. The molecule has 3 aromatic rings. The van der Waals surface area contributed by atoms with Crippen molar-refractivity contribution in [1.82, 2.24) is 20.2 Å². The maximum absolute atomic E-state index is 12.8. The smallest absolute Gasteiger partial charge is 0.259 e. The van der Waals surface area contributed by atoms with Gasteiger partial charge >= 0.3 is 0 Å². The number of hydrogen-bond acceptors (Lipinski definition) is 8. The number of nitrogens with zero attached hydrogens (tertiary/aromatic N) is 2. The lowest BCUT2D eigenvalue weighted by molar-refractivity contribution is -0.120.